The summed E-state index contributed by atoms with van der Waals surface area (Å²) in [6.45, 7) is 3.29. The molecule has 1 amide bonds. The van der Waals surface area contributed by atoms with E-state index in [1.807, 2.05) is 37.3 Å². The summed E-state index contributed by atoms with van der Waals surface area (Å²) in [7, 11) is 0. The Labute approximate surface area is 162 Å². The minimum atomic E-state index is -0.767. The number of carbonyl (C=O) groups is 2. The van der Waals surface area contributed by atoms with Crippen molar-refractivity contribution < 1.29 is 9.59 Å². The topological polar surface area (TPSA) is 81.1 Å². The second-order valence-corrected chi connectivity index (χ2v) is 6.42. The number of anilines is 1. The Kier molecular flexibility index (Phi) is 5.79. The Balaban J connectivity index is 1.90. The number of hydrogen-bond acceptors (Lipinski definition) is 4. The van der Waals surface area contributed by atoms with Crippen molar-refractivity contribution in [2.75, 3.05) is 5.32 Å². The fraction of sp³-hybridized carbons (Fsp3) is 0.182. The summed E-state index contributed by atoms with van der Waals surface area (Å²) in [5.41, 5.74) is 2.14. The fourth-order valence-electron chi connectivity index (χ4n) is 2.92. The van der Waals surface area contributed by atoms with Gasteiger partial charge in [-0.05, 0) is 31.5 Å². The average Bonchev–Trinajstić information content (AvgIpc) is 2.70. The molecule has 2 aromatic carbocycles. The molecule has 0 saturated heterocycles. The predicted octanol–water partition coefficient (Wildman–Crippen LogP) is 3.70. The van der Waals surface area contributed by atoms with Crippen LogP contribution in [-0.2, 0) is 4.79 Å². The van der Waals surface area contributed by atoms with Gasteiger partial charge >= 0.3 is 0 Å². The van der Waals surface area contributed by atoms with Gasteiger partial charge in [-0.3, -0.25) is 14.4 Å². The SMILES string of the molecule is CC[C@H](C(=O)Nc1cccc(C(C)=O)c1)n1nc(-c2ccccc2)ccc1=O. The number of nitrogens with zero attached hydrogens (tertiary/aromatic N) is 2. The highest BCUT2D eigenvalue weighted by atomic mass is 16.2. The van der Waals surface area contributed by atoms with E-state index < -0.39 is 6.04 Å². The van der Waals surface area contributed by atoms with Crippen molar-refractivity contribution in [2.24, 2.45) is 0 Å². The summed E-state index contributed by atoms with van der Waals surface area (Å²) in [5, 5.41) is 7.19. The molecule has 0 aliphatic carbocycles. The van der Waals surface area contributed by atoms with Gasteiger partial charge in [-0.25, -0.2) is 4.68 Å². The van der Waals surface area contributed by atoms with Crippen molar-refractivity contribution in [2.45, 2.75) is 26.3 Å². The van der Waals surface area contributed by atoms with Crippen LogP contribution in [0.3, 0.4) is 0 Å². The zero-order chi connectivity index (χ0) is 20.1. The van der Waals surface area contributed by atoms with Crippen LogP contribution in [0, 0.1) is 0 Å². The van der Waals surface area contributed by atoms with Crippen LogP contribution in [-0.4, -0.2) is 21.5 Å². The van der Waals surface area contributed by atoms with Gasteiger partial charge in [0.15, 0.2) is 5.78 Å². The van der Waals surface area contributed by atoms with Crippen LogP contribution in [0.2, 0.25) is 0 Å². The lowest BCUT2D eigenvalue weighted by atomic mass is 10.1. The molecule has 0 saturated carbocycles. The van der Waals surface area contributed by atoms with Crippen molar-refractivity contribution in [3.05, 3.63) is 82.6 Å². The number of nitrogens with one attached hydrogen (secondary N) is 1. The molecular formula is C22H21N3O3. The molecule has 6 heteroatoms. The van der Waals surface area contributed by atoms with Crippen LogP contribution in [0.25, 0.3) is 11.3 Å². The number of amides is 1. The van der Waals surface area contributed by atoms with Gasteiger partial charge in [0.25, 0.3) is 5.56 Å². The molecule has 3 aromatic rings. The molecule has 142 valence electrons. The standard InChI is InChI=1S/C22H21N3O3/c1-3-20(22(28)23-18-11-7-10-17(14-18)15(2)26)25-21(27)13-12-19(24-25)16-8-5-4-6-9-16/h4-14,20H,3H2,1-2H3,(H,23,28)/t20-/m1/s1. The molecule has 0 aliphatic heterocycles. The zero-order valence-corrected chi connectivity index (χ0v) is 15.8. The maximum Gasteiger partial charge on any atom is 0.267 e. The van der Waals surface area contributed by atoms with E-state index in [0.717, 1.165) is 5.56 Å². The number of ketones is 1. The highest BCUT2D eigenvalue weighted by Gasteiger charge is 2.21. The lowest BCUT2D eigenvalue weighted by molar-refractivity contribution is -0.119. The molecule has 6 nitrogen and oxygen atoms in total. The third-order valence-corrected chi connectivity index (χ3v) is 4.42. The molecule has 1 aromatic heterocycles. The summed E-state index contributed by atoms with van der Waals surface area (Å²) in [5.74, 6) is -0.445. The molecule has 28 heavy (non-hydrogen) atoms. The quantitative estimate of drug-likeness (QED) is 0.666. The maximum atomic E-state index is 12.8. The average molecular weight is 375 g/mol. The van der Waals surface area contributed by atoms with Crippen molar-refractivity contribution in [3.63, 3.8) is 0 Å². The van der Waals surface area contributed by atoms with Crippen LogP contribution in [0.1, 0.15) is 36.7 Å². The van der Waals surface area contributed by atoms with Gasteiger partial charge in [0.2, 0.25) is 5.91 Å². The zero-order valence-electron chi connectivity index (χ0n) is 15.8. The maximum absolute atomic E-state index is 12.8. The minimum absolute atomic E-state index is 0.0865. The van der Waals surface area contributed by atoms with Crippen LogP contribution >= 0.6 is 0 Å². The van der Waals surface area contributed by atoms with E-state index in [0.29, 0.717) is 23.4 Å². The number of rotatable bonds is 6. The minimum Gasteiger partial charge on any atom is -0.324 e. The number of Topliss-reactive ketones (excluding diaryl/α,β-unsaturated/α-hetero) is 1. The number of carbonyl (C=O) groups excluding carboxylic acids is 2. The predicted molar refractivity (Wildman–Crippen MR) is 108 cm³/mol. The first-order chi connectivity index (χ1) is 13.5. The van der Waals surface area contributed by atoms with Gasteiger partial charge in [0.05, 0.1) is 5.69 Å². The Morgan fingerprint density at radius 1 is 1.04 bits per heavy atom. The third kappa shape index (κ3) is 4.23. The molecule has 1 N–H and O–H groups in total. The molecule has 0 fully saturated rings. The number of benzene rings is 2. The van der Waals surface area contributed by atoms with Gasteiger partial charge < -0.3 is 5.32 Å². The molecular weight excluding hydrogens is 354 g/mol. The van der Waals surface area contributed by atoms with Crippen LogP contribution in [0.4, 0.5) is 5.69 Å². The largest absolute Gasteiger partial charge is 0.324 e. The molecule has 0 aliphatic rings. The van der Waals surface area contributed by atoms with E-state index >= 15 is 0 Å². The van der Waals surface area contributed by atoms with Gasteiger partial charge in [-0.15, -0.1) is 0 Å². The Bertz CT molecular complexity index is 1060. The Hall–Kier alpha value is -3.54. The van der Waals surface area contributed by atoms with E-state index in [4.69, 9.17) is 0 Å². The molecule has 0 bridgehead atoms. The first kappa shape index (κ1) is 19.2. The lowest BCUT2D eigenvalue weighted by Crippen LogP contribution is -2.34. The van der Waals surface area contributed by atoms with E-state index in [2.05, 4.69) is 10.4 Å². The summed E-state index contributed by atoms with van der Waals surface area (Å²) < 4.78 is 1.21. The summed E-state index contributed by atoms with van der Waals surface area (Å²) >= 11 is 0. The number of hydrogen-bond donors (Lipinski definition) is 1. The Morgan fingerprint density at radius 2 is 1.79 bits per heavy atom. The van der Waals surface area contributed by atoms with Gasteiger partial charge in [-0.2, -0.15) is 5.10 Å². The Morgan fingerprint density at radius 3 is 2.46 bits per heavy atom. The van der Waals surface area contributed by atoms with Crippen LogP contribution in [0.15, 0.2) is 71.5 Å². The van der Waals surface area contributed by atoms with E-state index in [1.54, 1.807) is 30.3 Å². The molecule has 1 heterocycles. The van der Waals surface area contributed by atoms with Gasteiger partial charge in [-0.1, -0.05) is 49.4 Å². The van der Waals surface area contributed by atoms with Crippen molar-refractivity contribution in [1.29, 1.82) is 0 Å². The summed E-state index contributed by atoms with van der Waals surface area (Å²) in [6.07, 6.45) is 0.392. The second-order valence-electron chi connectivity index (χ2n) is 6.42. The highest BCUT2D eigenvalue weighted by molar-refractivity contribution is 5.98. The fourth-order valence-corrected chi connectivity index (χ4v) is 2.92. The second kappa shape index (κ2) is 8.43. The molecule has 1 atom stereocenters. The third-order valence-electron chi connectivity index (χ3n) is 4.42. The van der Waals surface area contributed by atoms with Crippen molar-refractivity contribution >= 4 is 17.4 Å². The van der Waals surface area contributed by atoms with Crippen molar-refractivity contribution in [1.82, 2.24) is 9.78 Å². The van der Waals surface area contributed by atoms with Crippen LogP contribution < -0.4 is 10.9 Å². The van der Waals surface area contributed by atoms with Crippen LogP contribution in [0.5, 0.6) is 0 Å². The van der Waals surface area contributed by atoms with E-state index in [1.165, 1.54) is 17.7 Å². The molecule has 0 unspecified atom stereocenters. The van der Waals surface area contributed by atoms with E-state index in [9.17, 15) is 14.4 Å². The molecule has 0 spiro atoms. The summed E-state index contributed by atoms with van der Waals surface area (Å²) in [4.78, 5) is 36.8. The normalized spacial score (nSPS) is 11.6. The van der Waals surface area contributed by atoms with Crippen molar-refractivity contribution in [3.8, 4) is 11.3 Å². The van der Waals surface area contributed by atoms with Gasteiger partial charge in [0, 0.05) is 22.9 Å². The van der Waals surface area contributed by atoms with Gasteiger partial charge in [0.1, 0.15) is 6.04 Å². The first-order valence-electron chi connectivity index (χ1n) is 9.06. The first-order valence-corrected chi connectivity index (χ1v) is 9.06. The number of aromatic nitrogens is 2. The molecule has 3 rings (SSSR count). The van der Waals surface area contributed by atoms with E-state index in [-0.39, 0.29) is 17.2 Å². The molecule has 0 radical (unpaired) electrons. The lowest BCUT2D eigenvalue weighted by Gasteiger charge is -2.17. The monoisotopic (exact) mass is 375 g/mol. The summed E-state index contributed by atoms with van der Waals surface area (Å²) in [6, 6.07) is 18.5. The smallest absolute Gasteiger partial charge is 0.267 e. The highest BCUT2D eigenvalue weighted by Crippen LogP contribution is 2.18.